The second-order valence-corrected chi connectivity index (χ2v) is 4.73. The predicted octanol–water partition coefficient (Wildman–Crippen LogP) is 3.13. The van der Waals surface area contributed by atoms with Gasteiger partial charge in [-0.2, -0.15) is 4.98 Å². The smallest absolute Gasteiger partial charge is 0.250 e. The van der Waals surface area contributed by atoms with Gasteiger partial charge in [0.2, 0.25) is 5.28 Å². The maximum atomic E-state index is 11.5. The summed E-state index contributed by atoms with van der Waals surface area (Å²) in [5.74, 6) is 0.0156. The van der Waals surface area contributed by atoms with Crippen molar-refractivity contribution in [1.29, 1.82) is 0 Å². The molecule has 0 fully saturated rings. The van der Waals surface area contributed by atoms with Crippen molar-refractivity contribution in [3.63, 3.8) is 0 Å². The van der Waals surface area contributed by atoms with Crippen LogP contribution >= 0.6 is 11.6 Å². The zero-order valence-electron chi connectivity index (χ0n) is 10.9. The van der Waals surface area contributed by atoms with Crippen LogP contribution in [-0.2, 0) is 0 Å². The number of fused-ring (bicyclic) bond motifs is 1. The third-order valence-corrected chi connectivity index (χ3v) is 3.19. The highest BCUT2D eigenvalue weighted by Crippen LogP contribution is 2.26. The van der Waals surface area contributed by atoms with E-state index < -0.39 is 5.91 Å². The molecule has 0 aliphatic carbocycles. The number of carbonyl (C=O) groups excluding carboxylic acids is 1. The maximum Gasteiger partial charge on any atom is 0.250 e. The lowest BCUT2D eigenvalue weighted by Gasteiger charge is -2.11. The predicted molar refractivity (Wildman–Crippen MR) is 82.8 cm³/mol. The molecule has 0 aliphatic rings. The molecule has 6 heteroatoms. The van der Waals surface area contributed by atoms with E-state index in [2.05, 4.69) is 15.3 Å². The molecule has 1 aromatic heterocycles. The second kappa shape index (κ2) is 5.38. The summed E-state index contributed by atoms with van der Waals surface area (Å²) < 4.78 is 0. The molecule has 0 saturated heterocycles. The van der Waals surface area contributed by atoms with Gasteiger partial charge in [0.15, 0.2) is 0 Å². The van der Waals surface area contributed by atoms with Crippen LogP contribution in [0.15, 0.2) is 48.5 Å². The largest absolute Gasteiger partial charge is 0.366 e. The van der Waals surface area contributed by atoms with Crippen molar-refractivity contribution >= 4 is 39.9 Å². The lowest BCUT2D eigenvalue weighted by molar-refractivity contribution is 0.100. The van der Waals surface area contributed by atoms with Crippen molar-refractivity contribution in [3.05, 3.63) is 59.4 Å². The summed E-state index contributed by atoms with van der Waals surface area (Å²) >= 11 is 5.94. The summed E-state index contributed by atoms with van der Waals surface area (Å²) in [6.07, 6.45) is 0. The van der Waals surface area contributed by atoms with Crippen molar-refractivity contribution < 1.29 is 4.79 Å². The van der Waals surface area contributed by atoms with Gasteiger partial charge in [0, 0.05) is 5.39 Å². The van der Waals surface area contributed by atoms with Crippen LogP contribution in [0.4, 0.5) is 11.5 Å². The van der Waals surface area contributed by atoms with Crippen LogP contribution in [0.3, 0.4) is 0 Å². The molecule has 0 unspecified atom stereocenters. The first kappa shape index (κ1) is 13.3. The van der Waals surface area contributed by atoms with E-state index in [4.69, 9.17) is 17.3 Å². The number of para-hydroxylation sites is 2. The summed E-state index contributed by atoms with van der Waals surface area (Å²) in [5, 5.41) is 4.04. The van der Waals surface area contributed by atoms with E-state index >= 15 is 0 Å². The average Bonchev–Trinajstić information content (AvgIpc) is 2.47. The van der Waals surface area contributed by atoms with E-state index in [1.165, 1.54) is 0 Å². The summed E-state index contributed by atoms with van der Waals surface area (Å²) in [6, 6.07) is 14.4. The van der Waals surface area contributed by atoms with Crippen molar-refractivity contribution in [2.24, 2.45) is 5.73 Å². The highest BCUT2D eigenvalue weighted by atomic mass is 35.5. The van der Waals surface area contributed by atoms with Gasteiger partial charge in [-0.05, 0) is 35.9 Å². The summed E-state index contributed by atoms with van der Waals surface area (Å²) in [5.41, 5.74) is 7.05. The van der Waals surface area contributed by atoms with E-state index in [9.17, 15) is 4.79 Å². The molecule has 0 saturated carbocycles. The zero-order valence-corrected chi connectivity index (χ0v) is 11.6. The van der Waals surface area contributed by atoms with E-state index in [1.54, 1.807) is 24.3 Å². The number of primary amides is 1. The molecule has 3 aromatic rings. The minimum absolute atomic E-state index is 0.132. The molecule has 2 aromatic carbocycles. The van der Waals surface area contributed by atoms with Crippen LogP contribution in [-0.4, -0.2) is 15.9 Å². The number of aromatic nitrogens is 2. The first-order valence-electron chi connectivity index (χ1n) is 6.23. The molecular formula is C15H11ClN4O. The minimum atomic E-state index is -0.512. The van der Waals surface area contributed by atoms with Crippen molar-refractivity contribution in [2.45, 2.75) is 0 Å². The number of nitrogens with two attached hydrogens (primary N) is 1. The SMILES string of the molecule is NC(=O)c1ccccc1Nc1nc(Cl)nc2ccccc12. The number of benzene rings is 2. The summed E-state index contributed by atoms with van der Waals surface area (Å²) in [4.78, 5) is 19.8. The molecule has 21 heavy (non-hydrogen) atoms. The van der Waals surface area contributed by atoms with Gasteiger partial charge in [-0.15, -0.1) is 0 Å². The zero-order chi connectivity index (χ0) is 14.8. The molecule has 0 bridgehead atoms. The Morgan fingerprint density at radius 3 is 2.57 bits per heavy atom. The van der Waals surface area contributed by atoms with Gasteiger partial charge < -0.3 is 11.1 Å². The first-order chi connectivity index (χ1) is 10.1. The van der Waals surface area contributed by atoms with Crippen LogP contribution in [0.5, 0.6) is 0 Å². The molecular weight excluding hydrogens is 288 g/mol. The Hall–Kier alpha value is -2.66. The van der Waals surface area contributed by atoms with Crippen molar-refractivity contribution in [1.82, 2.24) is 9.97 Å². The molecule has 3 N–H and O–H groups in total. The van der Waals surface area contributed by atoms with E-state index in [0.717, 1.165) is 10.9 Å². The van der Waals surface area contributed by atoms with Gasteiger partial charge >= 0.3 is 0 Å². The van der Waals surface area contributed by atoms with Gasteiger partial charge in [-0.25, -0.2) is 4.98 Å². The summed E-state index contributed by atoms with van der Waals surface area (Å²) in [6.45, 7) is 0. The maximum absolute atomic E-state index is 11.5. The Labute approximate surface area is 125 Å². The van der Waals surface area contributed by atoms with E-state index in [0.29, 0.717) is 17.1 Å². The molecule has 3 rings (SSSR count). The molecule has 0 aliphatic heterocycles. The van der Waals surface area contributed by atoms with Gasteiger partial charge in [0.25, 0.3) is 5.91 Å². The number of nitrogens with one attached hydrogen (secondary N) is 1. The van der Waals surface area contributed by atoms with Gasteiger partial charge in [0.05, 0.1) is 16.8 Å². The fourth-order valence-corrected chi connectivity index (χ4v) is 2.25. The number of hydrogen-bond donors (Lipinski definition) is 2. The molecule has 1 amide bonds. The van der Waals surface area contributed by atoms with Crippen LogP contribution in [0, 0.1) is 0 Å². The third-order valence-electron chi connectivity index (χ3n) is 3.02. The number of carbonyl (C=O) groups is 1. The fraction of sp³-hybridized carbons (Fsp3) is 0. The lowest BCUT2D eigenvalue weighted by Crippen LogP contribution is -2.13. The highest BCUT2D eigenvalue weighted by Gasteiger charge is 2.11. The molecule has 104 valence electrons. The number of halogens is 1. The van der Waals surface area contributed by atoms with Crippen LogP contribution in [0.2, 0.25) is 5.28 Å². The molecule has 0 atom stereocenters. The second-order valence-electron chi connectivity index (χ2n) is 4.39. The number of amides is 1. The highest BCUT2D eigenvalue weighted by molar-refractivity contribution is 6.28. The third kappa shape index (κ3) is 2.64. The Morgan fingerprint density at radius 2 is 1.76 bits per heavy atom. The number of nitrogens with zero attached hydrogens (tertiary/aromatic N) is 2. The Bertz CT molecular complexity index is 835. The first-order valence-corrected chi connectivity index (χ1v) is 6.61. The van der Waals surface area contributed by atoms with Crippen molar-refractivity contribution in [2.75, 3.05) is 5.32 Å². The lowest BCUT2D eigenvalue weighted by atomic mass is 10.1. The number of hydrogen-bond acceptors (Lipinski definition) is 4. The van der Waals surface area contributed by atoms with Crippen LogP contribution < -0.4 is 11.1 Å². The minimum Gasteiger partial charge on any atom is -0.366 e. The summed E-state index contributed by atoms with van der Waals surface area (Å²) in [7, 11) is 0. The van der Waals surface area contributed by atoms with Crippen LogP contribution in [0.25, 0.3) is 10.9 Å². The molecule has 0 radical (unpaired) electrons. The Kier molecular flexibility index (Phi) is 3.41. The molecule has 1 heterocycles. The Morgan fingerprint density at radius 1 is 1.05 bits per heavy atom. The van der Waals surface area contributed by atoms with Crippen LogP contribution in [0.1, 0.15) is 10.4 Å². The van der Waals surface area contributed by atoms with Gasteiger partial charge in [-0.1, -0.05) is 24.3 Å². The number of anilines is 2. The number of rotatable bonds is 3. The van der Waals surface area contributed by atoms with E-state index in [1.807, 2.05) is 24.3 Å². The fourth-order valence-electron chi connectivity index (χ4n) is 2.08. The molecule has 0 spiro atoms. The topological polar surface area (TPSA) is 80.9 Å². The monoisotopic (exact) mass is 298 g/mol. The Balaban J connectivity index is 2.13. The standard InChI is InChI=1S/C15H11ClN4O/c16-15-19-12-8-4-2-6-10(12)14(20-15)18-11-7-3-1-5-9(11)13(17)21/h1-8H,(H2,17,21)(H,18,19,20). The van der Waals surface area contributed by atoms with Gasteiger partial charge in [0.1, 0.15) is 5.82 Å². The normalized spacial score (nSPS) is 10.5. The molecule has 5 nitrogen and oxygen atoms in total. The van der Waals surface area contributed by atoms with Crippen molar-refractivity contribution in [3.8, 4) is 0 Å². The quantitative estimate of drug-likeness (QED) is 0.728. The average molecular weight is 299 g/mol. The van der Waals surface area contributed by atoms with Gasteiger partial charge in [-0.3, -0.25) is 4.79 Å². The van der Waals surface area contributed by atoms with E-state index in [-0.39, 0.29) is 5.28 Å².